The quantitative estimate of drug-likeness (QED) is 0.683. The Balaban J connectivity index is 1.93. The number of nitrogens with one attached hydrogen (secondary N) is 1. The zero-order chi connectivity index (χ0) is 13.8. The van der Waals surface area contributed by atoms with Gasteiger partial charge in [-0.2, -0.15) is 5.10 Å². The smallest absolute Gasteiger partial charge is 0.255 e. The first-order valence-electron chi connectivity index (χ1n) is 5.71. The Morgan fingerprint density at radius 2 is 2.21 bits per heavy atom. The summed E-state index contributed by atoms with van der Waals surface area (Å²) in [5, 5.41) is 25.6. The van der Waals surface area contributed by atoms with Crippen molar-refractivity contribution in [3.63, 3.8) is 0 Å². The van der Waals surface area contributed by atoms with Gasteiger partial charge < -0.3 is 15.5 Å². The van der Waals surface area contributed by atoms with Crippen LogP contribution in [0.1, 0.15) is 16.2 Å². The number of para-hydroxylation sites is 1. The first kappa shape index (κ1) is 12.9. The van der Waals surface area contributed by atoms with E-state index in [1.807, 2.05) is 0 Å². The topological polar surface area (TPSA) is 100 Å². The van der Waals surface area contributed by atoms with E-state index in [4.69, 9.17) is 0 Å². The van der Waals surface area contributed by atoms with Gasteiger partial charge in [-0.3, -0.25) is 9.48 Å². The summed E-state index contributed by atoms with van der Waals surface area (Å²) in [6.45, 7) is 0.345. The molecule has 7 heteroatoms. The minimum Gasteiger partial charge on any atom is -0.504 e. The Morgan fingerprint density at radius 1 is 1.42 bits per heavy atom. The number of aromatic hydroxyl groups is 2. The van der Waals surface area contributed by atoms with Crippen LogP contribution in [0.2, 0.25) is 0 Å². The molecule has 7 nitrogen and oxygen atoms in total. The van der Waals surface area contributed by atoms with Gasteiger partial charge in [-0.25, -0.2) is 4.98 Å². The van der Waals surface area contributed by atoms with Gasteiger partial charge in [0.05, 0.1) is 5.56 Å². The first-order valence-corrected chi connectivity index (χ1v) is 5.71. The lowest BCUT2D eigenvalue weighted by molar-refractivity contribution is 0.0950. The van der Waals surface area contributed by atoms with Gasteiger partial charge in [0.15, 0.2) is 17.3 Å². The number of rotatable bonds is 4. The molecule has 0 fully saturated rings. The summed E-state index contributed by atoms with van der Waals surface area (Å²) in [6.07, 6.45) is 2.07. The minimum absolute atomic E-state index is 0.0361. The van der Waals surface area contributed by atoms with Crippen molar-refractivity contribution in [2.75, 3.05) is 6.54 Å². The van der Waals surface area contributed by atoms with Gasteiger partial charge in [0.25, 0.3) is 5.91 Å². The van der Waals surface area contributed by atoms with Gasteiger partial charge in [0.2, 0.25) is 0 Å². The molecule has 1 aromatic heterocycles. The van der Waals surface area contributed by atoms with Gasteiger partial charge in [-0.05, 0) is 12.1 Å². The van der Waals surface area contributed by atoms with E-state index in [1.165, 1.54) is 18.2 Å². The molecule has 2 rings (SSSR count). The first-order chi connectivity index (χ1) is 9.08. The van der Waals surface area contributed by atoms with Gasteiger partial charge in [0, 0.05) is 20.0 Å². The minimum atomic E-state index is -0.454. The van der Waals surface area contributed by atoms with Crippen molar-refractivity contribution in [1.82, 2.24) is 20.1 Å². The van der Waals surface area contributed by atoms with Crippen LogP contribution in [0.15, 0.2) is 24.5 Å². The molecule has 0 aliphatic rings. The molecule has 0 saturated heterocycles. The van der Waals surface area contributed by atoms with E-state index in [2.05, 4.69) is 15.4 Å². The van der Waals surface area contributed by atoms with Crippen molar-refractivity contribution >= 4 is 5.91 Å². The molecule has 0 bridgehead atoms. The number of carbonyl (C=O) groups excluding carboxylic acids is 1. The Morgan fingerprint density at radius 3 is 2.89 bits per heavy atom. The standard InChI is InChI=1S/C12H14N4O3/c1-16-7-14-10(15-16)5-6-13-12(19)8-3-2-4-9(17)11(8)18/h2-4,7,17-18H,5-6H2,1H3,(H,13,19). The molecule has 0 aliphatic heterocycles. The van der Waals surface area contributed by atoms with Gasteiger partial charge >= 0.3 is 0 Å². The molecule has 1 amide bonds. The SMILES string of the molecule is Cn1cnc(CCNC(=O)c2cccc(O)c2O)n1. The fourth-order valence-corrected chi connectivity index (χ4v) is 1.60. The van der Waals surface area contributed by atoms with Crippen molar-refractivity contribution < 1.29 is 15.0 Å². The van der Waals surface area contributed by atoms with Crippen LogP contribution in [0, 0.1) is 0 Å². The Hall–Kier alpha value is -2.57. The average molecular weight is 262 g/mol. The summed E-state index contributed by atoms with van der Waals surface area (Å²) < 4.78 is 1.58. The van der Waals surface area contributed by atoms with E-state index in [0.29, 0.717) is 18.8 Å². The summed E-state index contributed by atoms with van der Waals surface area (Å²) in [5.74, 6) is -0.567. The molecular weight excluding hydrogens is 248 g/mol. The zero-order valence-electron chi connectivity index (χ0n) is 10.4. The molecule has 3 N–H and O–H groups in total. The number of carbonyl (C=O) groups is 1. The maximum absolute atomic E-state index is 11.8. The number of benzene rings is 1. The summed E-state index contributed by atoms with van der Waals surface area (Å²) in [4.78, 5) is 15.8. The highest BCUT2D eigenvalue weighted by atomic mass is 16.3. The van der Waals surface area contributed by atoms with Crippen LogP contribution in [-0.4, -0.2) is 37.4 Å². The molecular formula is C12H14N4O3. The molecule has 0 aliphatic carbocycles. The van der Waals surface area contributed by atoms with E-state index in [-0.39, 0.29) is 11.3 Å². The molecule has 0 spiro atoms. The normalized spacial score (nSPS) is 10.4. The lowest BCUT2D eigenvalue weighted by Crippen LogP contribution is -2.26. The number of aromatic nitrogens is 3. The molecule has 0 unspecified atom stereocenters. The van der Waals surface area contributed by atoms with E-state index in [1.54, 1.807) is 18.1 Å². The number of phenolic OH excluding ortho intramolecular Hbond substituents is 2. The van der Waals surface area contributed by atoms with E-state index in [9.17, 15) is 15.0 Å². The molecule has 0 atom stereocenters. The Labute approximate surface area is 109 Å². The summed E-state index contributed by atoms with van der Waals surface area (Å²) in [6, 6.07) is 4.23. The zero-order valence-corrected chi connectivity index (χ0v) is 10.4. The third-order valence-corrected chi connectivity index (χ3v) is 2.54. The Bertz CT molecular complexity index is 594. The van der Waals surface area contributed by atoms with E-state index in [0.717, 1.165) is 0 Å². The highest BCUT2D eigenvalue weighted by molar-refractivity contribution is 5.97. The van der Waals surface area contributed by atoms with Crippen LogP contribution < -0.4 is 5.32 Å². The third-order valence-electron chi connectivity index (χ3n) is 2.54. The van der Waals surface area contributed by atoms with Crippen LogP contribution in [-0.2, 0) is 13.5 Å². The summed E-state index contributed by atoms with van der Waals surface area (Å²) in [7, 11) is 1.76. The predicted octanol–water partition coefficient (Wildman–Crippen LogP) is 0.199. The second kappa shape index (κ2) is 5.38. The third kappa shape index (κ3) is 3.01. The van der Waals surface area contributed by atoms with Crippen LogP contribution in [0.4, 0.5) is 0 Å². The van der Waals surface area contributed by atoms with Gasteiger partial charge in [-0.15, -0.1) is 0 Å². The maximum Gasteiger partial charge on any atom is 0.255 e. The van der Waals surface area contributed by atoms with Gasteiger partial charge in [0.1, 0.15) is 6.33 Å². The largest absolute Gasteiger partial charge is 0.504 e. The lowest BCUT2D eigenvalue weighted by atomic mass is 10.1. The second-order valence-electron chi connectivity index (χ2n) is 4.01. The fraction of sp³-hybridized carbons (Fsp3) is 0.250. The van der Waals surface area contributed by atoms with Crippen molar-refractivity contribution in [3.05, 3.63) is 35.9 Å². The van der Waals surface area contributed by atoms with E-state index >= 15 is 0 Å². The van der Waals surface area contributed by atoms with Crippen molar-refractivity contribution in [3.8, 4) is 11.5 Å². The second-order valence-corrected chi connectivity index (χ2v) is 4.01. The average Bonchev–Trinajstić information content (AvgIpc) is 2.78. The van der Waals surface area contributed by atoms with E-state index < -0.39 is 11.7 Å². The molecule has 2 aromatic rings. The summed E-state index contributed by atoms with van der Waals surface area (Å²) >= 11 is 0. The maximum atomic E-state index is 11.8. The number of hydrogen-bond donors (Lipinski definition) is 3. The van der Waals surface area contributed by atoms with Crippen LogP contribution in [0.3, 0.4) is 0 Å². The van der Waals surface area contributed by atoms with Crippen molar-refractivity contribution in [2.45, 2.75) is 6.42 Å². The number of amides is 1. The number of aryl methyl sites for hydroxylation is 1. The molecule has 19 heavy (non-hydrogen) atoms. The monoisotopic (exact) mass is 262 g/mol. The predicted molar refractivity (Wildman–Crippen MR) is 66.8 cm³/mol. The van der Waals surface area contributed by atoms with Crippen molar-refractivity contribution in [1.29, 1.82) is 0 Å². The highest BCUT2D eigenvalue weighted by Crippen LogP contribution is 2.27. The molecule has 0 radical (unpaired) electrons. The molecule has 100 valence electrons. The highest BCUT2D eigenvalue weighted by Gasteiger charge is 2.13. The number of phenols is 2. The molecule has 1 aromatic carbocycles. The summed E-state index contributed by atoms with van der Waals surface area (Å²) in [5.41, 5.74) is 0.0361. The van der Waals surface area contributed by atoms with Crippen LogP contribution in [0.25, 0.3) is 0 Å². The van der Waals surface area contributed by atoms with Crippen LogP contribution in [0.5, 0.6) is 11.5 Å². The fourth-order valence-electron chi connectivity index (χ4n) is 1.60. The number of hydrogen-bond acceptors (Lipinski definition) is 5. The molecule has 1 heterocycles. The Kier molecular flexibility index (Phi) is 3.65. The van der Waals surface area contributed by atoms with Crippen LogP contribution >= 0.6 is 0 Å². The molecule has 0 saturated carbocycles. The number of nitrogens with zero attached hydrogens (tertiary/aromatic N) is 3. The van der Waals surface area contributed by atoms with Gasteiger partial charge in [-0.1, -0.05) is 6.07 Å². The lowest BCUT2D eigenvalue weighted by Gasteiger charge is -2.06. The van der Waals surface area contributed by atoms with Crippen molar-refractivity contribution in [2.24, 2.45) is 7.05 Å².